The highest BCUT2D eigenvalue weighted by Gasteiger charge is 2.20. The first-order valence-electron chi connectivity index (χ1n) is 6.41. The van der Waals surface area contributed by atoms with Gasteiger partial charge in [-0.3, -0.25) is 0 Å². The van der Waals surface area contributed by atoms with Crippen LogP contribution < -0.4 is 5.32 Å². The summed E-state index contributed by atoms with van der Waals surface area (Å²) in [6, 6.07) is 8.66. The van der Waals surface area contributed by atoms with E-state index in [9.17, 15) is 9.90 Å². The highest BCUT2D eigenvalue weighted by molar-refractivity contribution is 5.85. The Hall–Kier alpha value is -2.96. The van der Waals surface area contributed by atoms with E-state index in [0.29, 0.717) is 23.4 Å². The van der Waals surface area contributed by atoms with Crippen LogP contribution in [0.1, 0.15) is 5.56 Å². The third-order valence-electron chi connectivity index (χ3n) is 3.11. The van der Waals surface area contributed by atoms with Gasteiger partial charge in [-0.25, -0.2) is 19.7 Å². The predicted octanol–water partition coefficient (Wildman–Crippen LogP) is 1.46. The van der Waals surface area contributed by atoms with Crippen LogP contribution in [0.5, 0.6) is 0 Å². The molecule has 1 aromatic carbocycles. The van der Waals surface area contributed by atoms with Crippen LogP contribution in [0.25, 0.3) is 11.2 Å². The SMILES string of the molecule is O=C(O)[C@@H](Cc1ccccc1)Nc1ncnc2nc[nH]c12. The summed E-state index contributed by atoms with van der Waals surface area (Å²) >= 11 is 0. The summed E-state index contributed by atoms with van der Waals surface area (Å²) in [5, 5.41) is 12.3. The molecule has 21 heavy (non-hydrogen) atoms. The number of aromatic nitrogens is 4. The molecule has 0 amide bonds. The molecule has 0 aliphatic rings. The van der Waals surface area contributed by atoms with Crippen LogP contribution in [0.4, 0.5) is 5.82 Å². The Balaban J connectivity index is 1.85. The van der Waals surface area contributed by atoms with Gasteiger partial charge in [0.2, 0.25) is 0 Å². The van der Waals surface area contributed by atoms with E-state index in [2.05, 4.69) is 25.3 Å². The highest BCUT2D eigenvalue weighted by Crippen LogP contribution is 2.16. The number of rotatable bonds is 5. The zero-order valence-electron chi connectivity index (χ0n) is 11.0. The molecule has 1 atom stereocenters. The van der Waals surface area contributed by atoms with E-state index >= 15 is 0 Å². The molecule has 0 saturated carbocycles. The van der Waals surface area contributed by atoms with Crippen molar-refractivity contribution in [2.45, 2.75) is 12.5 Å². The average Bonchev–Trinajstić information content (AvgIpc) is 2.97. The molecule has 3 aromatic rings. The summed E-state index contributed by atoms with van der Waals surface area (Å²) in [6.07, 6.45) is 3.21. The standard InChI is InChI=1S/C14H13N5O2/c20-14(21)10(6-9-4-2-1-3-5-9)19-13-11-12(16-7-15-11)17-8-18-13/h1-5,7-8,10H,6H2,(H,20,21)(H2,15,16,17,18,19)/t10-/m1/s1. The Bertz CT molecular complexity index is 756. The van der Waals surface area contributed by atoms with E-state index in [1.54, 1.807) is 0 Å². The molecule has 2 heterocycles. The number of hydrogen-bond acceptors (Lipinski definition) is 5. The van der Waals surface area contributed by atoms with Crippen molar-refractivity contribution in [2.75, 3.05) is 5.32 Å². The lowest BCUT2D eigenvalue weighted by molar-refractivity contribution is -0.137. The Kier molecular flexibility index (Phi) is 3.46. The van der Waals surface area contributed by atoms with Crippen molar-refractivity contribution >= 4 is 23.0 Å². The van der Waals surface area contributed by atoms with Crippen LogP contribution in [-0.2, 0) is 11.2 Å². The quantitative estimate of drug-likeness (QED) is 0.655. The van der Waals surface area contributed by atoms with Crippen LogP contribution in [0.15, 0.2) is 43.0 Å². The van der Waals surface area contributed by atoms with Crippen LogP contribution >= 0.6 is 0 Å². The van der Waals surface area contributed by atoms with Gasteiger partial charge in [0.1, 0.15) is 17.9 Å². The molecule has 0 bridgehead atoms. The van der Waals surface area contributed by atoms with Gasteiger partial charge in [0.15, 0.2) is 11.5 Å². The first kappa shape index (κ1) is 13.0. The van der Waals surface area contributed by atoms with Gasteiger partial charge in [0.25, 0.3) is 0 Å². The second-order valence-corrected chi connectivity index (χ2v) is 4.55. The van der Waals surface area contributed by atoms with Gasteiger partial charge in [-0.2, -0.15) is 0 Å². The summed E-state index contributed by atoms with van der Waals surface area (Å²) in [7, 11) is 0. The number of aliphatic carboxylic acids is 1. The van der Waals surface area contributed by atoms with Gasteiger partial charge < -0.3 is 15.4 Å². The summed E-state index contributed by atoms with van der Waals surface area (Å²) in [5.41, 5.74) is 2.03. The minimum atomic E-state index is -0.940. The van der Waals surface area contributed by atoms with E-state index in [4.69, 9.17) is 0 Å². The second-order valence-electron chi connectivity index (χ2n) is 4.55. The van der Waals surface area contributed by atoms with Crippen molar-refractivity contribution in [3.8, 4) is 0 Å². The summed E-state index contributed by atoms with van der Waals surface area (Å²) in [6.45, 7) is 0. The van der Waals surface area contributed by atoms with Crippen molar-refractivity contribution in [1.29, 1.82) is 0 Å². The number of fused-ring (bicyclic) bond motifs is 1. The highest BCUT2D eigenvalue weighted by atomic mass is 16.4. The number of H-pyrrole nitrogens is 1. The third kappa shape index (κ3) is 2.81. The number of hydrogen-bond donors (Lipinski definition) is 3. The van der Waals surface area contributed by atoms with Gasteiger partial charge in [0, 0.05) is 6.42 Å². The zero-order valence-corrected chi connectivity index (χ0v) is 11.0. The van der Waals surface area contributed by atoms with Crippen LogP contribution in [0, 0.1) is 0 Å². The summed E-state index contributed by atoms with van der Waals surface area (Å²) in [4.78, 5) is 26.5. The number of aromatic amines is 1. The van der Waals surface area contributed by atoms with Crippen molar-refractivity contribution in [2.24, 2.45) is 0 Å². The summed E-state index contributed by atoms with van der Waals surface area (Å²) in [5.74, 6) is -0.508. The molecule has 0 aliphatic carbocycles. The number of carboxylic acid groups (broad SMARTS) is 1. The van der Waals surface area contributed by atoms with E-state index in [1.165, 1.54) is 12.7 Å². The van der Waals surface area contributed by atoms with Crippen molar-refractivity contribution < 1.29 is 9.90 Å². The van der Waals surface area contributed by atoms with E-state index in [-0.39, 0.29) is 0 Å². The molecule has 0 radical (unpaired) electrons. The number of nitrogens with one attached hydrogen (secondary N) is 2. The number of carbonyl (C=O) groups is 1. The van der Waals surface area contributed by atoms with Gasteiger partial charge in [-0.1, -0.05) is 30.3 Å². The molecule has 0 aliphatic heterocycles. The molecule has 106 valence electrons. The Labute approximate surface area is 120 Å². The topological polar surface area (TPSA) is 104 Å². The maximum atomic E-state index is 11.5. The number of benzene rings is 1. The van der Waals surface area contributed by atoms with Gasteiger partial charge in [-0.05, 0) is 5.56 Å². The molecule has 2 aromatic heterocycles. The Morgan fingerprint density at radius 3 is 2.81 bits per heavy atom. The largest absolute Gasteiger partial charge is 0.480 e. The molecule has 3 rings (SSSR count). The van der Waals surface area contributed by atoms with E-state index < -0.39 is 12.0 Å². The van der Waals surface area contributed by atoms with Gasteiger partial charge in [0.05, 0.1) is 6.33 Å². The van der Waals surface area contributed by atoms with E-state index in [1.807, 2.05) is 30.3 Å². The number of nitrogens with zero attached hydrogens (tertiary/aromatic N) is 3. The number of carboxylic acids is 1. The van der Waals surface area contributed by atoms with Crippen LogP contribution in [0.3, 0.4) is 0 Å². The molecule has 7 nitrogen and oxygen atoms in total. The fourth-order valence-corrected chi connectivity index (χ4v) is 2.09. The minimum absolute atomic E-state index is 0.357. The van der Waals surface area contributed by atoms with Gasteiger partial charge >= 0.3 is 5.97 Å². The fraction of sp³-hybridized carbons (Fsp3) is 0.143. The second kappa shape index (κ2) is 5.58. The first-order chi connectivity index (χ1) is 10.2. The van der Waals surface area contributed by atoms with Crippen LogP contribution in [-0.4, -0.2) is 37.1 Å². The average molecular weight is 283 g/mol. The Morgan fingerprint density at radius 1 is 1.24 bits per heavy atom. The first-order valence-corrected chi connectivity index (χ1v) is 6.41. The molecular weight excluding hydrogens is 270 g/mol. The molecule has 0 fully saturated rings. The lowest BCUT2D eigenvalue weighted by atomic mass is 10.1. The lowest BCUT2D eigenvalue weighted by Gasteiger charge is -2.15. The Morgan fingerprint density at radius 2 is 2.05 bits per heavy atom. The van der Waals surface area contributed by atoms with Crippen LogP contribution in [0.2, 0.25) is 0 Å². The van der Waals surface area contributed by atoms with Crippen molar-refractivity contribution in [1.82, 2.24) is 19.9 Å². The number of anilines is 1. The maximum absolute atomic E-state index is 11.5. The lowest BCUT2D eigenvalue weighted by Crippen LogP contribution is -2.32. The van der Waals surface area contributed by atoms with Crippen molar-refractivity contribution in [3.63, 3.8) is 0 Å². The molecule has 3 N–H and O–H groups in total. The molecule has 0 unspecified atom stereocenters. The zero-order chi connectivity index (χ0) is 14.7. The van der Waals surface area contributed by atoms with Crippen molar-refractivity contribution in [3.05, 3.63) is 48.5 Å². The monoisotopic (exact) mass is 283 g/mol. The molecule has 0 spiro atoms. The predicted molar refractivity (Wildman–Crippen MR) is 76.9 cm³/mol. The fourth-order valence-electron chi connectivity index (χ4n) is 2.09. The summed E-state index contributed by atoms with van der Waals surface area (Å²) < 4.78 is 0. The molecule has 0 saturated heterocycles. The maximum Gasteiger partial charge on any atom is 0.326 e. The van der Waals surface area contributed by atoms with Gasteiger partial charge in [-0.15, -0.1) is 0 Å². The minimum Gasteiger partial charge on any atom is -0.480 e. The van der Waals surface area contributed by atoms with E-state index in [0.717, 1.165) is 5.56 Å². The normalized spacial score (nSPS) is 12.2. The smallest absolute Gasteiger partial charge is 0.326 e. The third-order valence-corrected chi connectivity index (χ3v) is 3.11. The number of imidazole rings is 1. The molecular formula is C14H13N5O2. The molecule has 7 heteroatoms.